The predicted molar refractivity (Wildman–Crippen MR) is 67.6 cm³/mol. The van der Waals surface area contributed by atoms with Crippen LogP contribution in [0.1, 0.15) is 31.2 Å². The number of nitriles is 1. The molecule has 2 fully saturated rings. The van der Waals surface area contributed by atoms with Gasteiger partial charge in [-0.1, -0.05) is 0 Å². The number of halogens is 1. The van der Waals surface area contributed by atoms with E-state index < -0.39 is 5.82 Å². The number of fused-ring (bicyclic) bond motifs is 2. The van der Waals surface area contributed by atoms with E-state index in [9.17, 15) is 4.39 Å². The number of anilines is 1. The lowest BCUT2D eigenvalue weighted by molar-refractivity contribution is 0.414. The van der Waals surface area contributed by atoms with E-state index in [0.29, 0.717) is 12.1 Å². The van der Waals surface area contributed by atoms with E-state index in [1.54, 1.807) is 12.1 Å². The summed E-state index contributed by atoms with van der Waals surface area (Å²) >= 11 is 0. The van der Waals surface area contributed by atoms with Gasteiger partial charge in [-0.2, -0.15) is 5.26 Å². The minimum Gasteiger partial charge on any atom is -0.365 e. The monoisotopic (exact) mass is 245 g/mol. The summed E-state index contributed by atoms with van der Waals surface area (Å²) < 4.78 is 13.3. The number of hydrogen-bond acceptors (Lipinski definition) is 3. The molecular weight excluding hydrogens is 229 g/mol. The van der Waals surface area contributed by atoms with Crippen LogP contribution in [0.25, 0.3) is 0 Å². The molecule has 2 unspecified atom stereocenters. The van der Waals surface area contributed by atoms with Gasteiger partial charge in [-0.3, -0.25) is 0 Å². The maximum absolute atomic E-state index is 13.3. The normalized spacial score (nSPS) is 30.3. The Kier molecular flexibility index (Phi) is 2.71. The molecule has 2 heterocycles. The first-order valence-corrected chi connectivity index (χ1v) is 6.42. The molecule has 1 aromatic rings. The van der Waals surface area contributed by atoms with Crippen LogP contribution in [0.15, 0.2) is 18.2 Å². The van der Waals surface area contributed by atoms with Crippen molar-refractivity contribution in [3.8, 4) is 6.07 Å². The molecule has 2 bridgehead atoms. The Morgan fingerprint density at radius 2 is 1.94 bits per heavy atom. The van der Waals surface area contributed by atoms with E-state index in [1.807, 2.05) is 6.07 Å². The van der Waals surface area contributed by atoms with Crippen LogP contribution >= 0.6 is 0 Å². The second-order valence-electron chi connectivity index (χ2n) is 5.30. The van der Waals surface area contributed by atoms with Crippen molar-refractivity contribution in [1.29, 1.82) is 5.26 Å². The summed E-state index contributed by atoms with van der Waals surface area (Å²) in [5, 5.41) is 8.90. The molecule has 18 heavy (non-hydrogen) atoms. The second kappa shape index (κ2) is 4.25. The number of hydrogen-bond donors (Lipinski definition) is 1. The molecule has 0 spiro atoms. The lowest BCUT2D eigenvalue weighted by atomic mass is 9.97. The van der Waals surface area contributed by atoms with E-state index in [2.05, 4.69) is 4.90 Å². The summed E-state index contributed by atoms with van der Waals surface area (Å²) in [7, 11) is 0. The molecule has 1 aromatic carbocycles. The molecule has 2 aliphatic heterocycles. The Bertz CT molecular complexity index is 494. The van der Waals surface area contributed by atoms with Gasteiger partial charge < -0.3 is 10.6 Å². The van der Waals surface area contributed by atoms with Gasteiger partial charge in [0.1, 0.15) is 11.9 Å². The fourth-order valence-electron chi connectivity index (χ4n) is 3.40. The quantitative estimate of drug-likeness (QED) is 0.824. The van der Waals surface area contributed by atoms with Crippen molar-refractivity contribution >= 4 is 5.69 Å². The van der Waals surface area contributed by atoms with Crippen LogP contribution in [0.4, 0.5) is 10.1 Å². The van der Waals surface area contributed by atoms with Crippen LogP contribution in [-0.4, -0.2) is 18.1 Å². The van der Waals surface area contributed by atoms with Gasteiger partial charge in [0.2, 0.25) is 0 Å². The SMILES string of the molecule is N#Cc1cc(N2C3CCC2CC(N)C3)ccc1F. The van der Waals surface area contributed by atoms with Crippen molar-refractivity contribution < 1.29 is 4.39 Å². The average molecular weight is 245 g/mol. The van der Waals surface area contributed by atoms with Gasteiger partial charge in [-0.15, -0.1) is 0 Å². The van der Waals surface area contributed by atoms with Gasteiger partial charge in [0.25, 0.3) is 0 Å². The maximum atomic E-state index is 13.3. The third-order valence-electron chi connectivity index (χ3n) is 4.14. The Labute approximate surface area is 106 Å². The van der Waals surface area contributed by atoms with Crippen LogP contribution in [-0.2, 0) is 0 Å². The zero-order chi connectivity index (χ0) is 12.7. The van der Waals surface area contributed by atoms with E-state index in [-0.39, 0.29) is 11.6 Å². The Morgan fingerprint density at radius 3 is 2.56 bits per heavy atom. The Balaban J connectivity index is 1.94. The standard InChI is InChI=1S/C14H16FN3/c15-14-4-3-11(5-9(14)8-16)18-12-1-2-13(18)7-10(17)6-12/h3-5,10,12-13H,1-2,6-7,17H2. The first-order chi connectivity index (χ1) is 8.69. The van der Waals surface area contributed by atoms with Crippen LogP contribution in [0.3, 0.4) is 0 Å². The van der Waals surface area contributed by atoms with Crippen molar-refractivity contribution in [2.24, 2.45) is 5.73 Å². The summed E-state index contributed by atoms with van der Waals surface area (Å²) in [6.45, 7) is 0. The molecule has 0 aliphatic carbocycles. The zero-order valence-corrected chi connectivity index (χ0v) is 10.1. The smallest absolute Gasteiger partial charge is 0.141 e. The number of nitrogens with zero attached hydrogens (tertiary/aromatic N) is 2. The Hall–Kier alpha value is -1.60. The highest BCUT2D eigenvalue weighted by Crippen LogP contribution is 2.39. The molecule has 2 saturated heterocycles. The van der Waals surface area contributed by atoms with Crippen LogP contribution in [0.2, 0.25) is 0 Å². The van der Waals surface area contributed by atoms with E-state index >= 15 is 0 Å². The molecule has 2 atom stereocenters. The number of rotatable bonds is 1. The second-order valence-corrected chi connectivity index (χ2v) is 5.30. The van der Waals surface area contributed by atoms with Crippen LogP contribution in [0.5, 0.6) is 0 Å². The molecule has 0 aromatic heterocycles. The molecule has 2 aliphatic rings. The van der Waals surface area contributed by atoms with Gasteiger partial charge in [0, 0.05) is 23.8 Å². The zero-order valence-electron chi connectivity index (χ0n) is 10.1. The fraction of sp³-hybridized carbons (Fsp3) is 0.500. The van der Waals surface area contributed by atoms with Gasteiger partial charge in [0.05, 0.1) is 5.56 Å². The third kappa shape index (κ3) is 1.75. The molecule has 3 rings (SSSR count). The highest BCUT2D eigenvalue weighted by atomic mass is 19.1. The summed E-state index contributed by atoms with van der Waals surface area (Å²) in [4.78, 5) is 2.34. The van der Waals surface area contributed by atoms with Gasteiger partial charge in [0.15, 0.2) is 0 Å². The van der Waals surface area contributed by atoms with Crippen molar-refractivity contribution in [2.45, 2.75) is 43.8 Å². The minimum absolute atomic E-state index is 0.127. The number of piperidine rings is 1. The third-order valence-corrected chi connectivity index (χ3v) is 4.14. The molecule has 0 saturated carbocycles. The van der Waals surface area contributed by atoms with Crippen molar-refractivity contribution in [2.75, 3.05) is 4.90 Å². The molecule has 0 amide bonds. The van der Waals surface area contributed by atoms with Gasteiger partial charge >= 0.3 is 0 Å². The summed E-state index contributed by atoms with van der Waals surface area (Å²) in [6, 6.07) is 7.93. The van der Waals surface area contributed by atoms with Gasteiger partial charge in [-0.25, -0.2) is 4.39 Å². The highest BCUT2D eigenvalue weighted by Gasteiger charge is 2.39. The predicted octanol–water partition coefficient (Wildman–Crippen LogP) is 2.16. The first kappa shape index (κ1) is 11.5. The van der Waals surface area contributed by atoms with Crippen LogP contribution in [0, 0.1) is 17.1 Å². The molecule has 3 nitrogen and oxygen atoms in total. The van der Waals surface area contributed by atoms with Gasteiger partial charge in [-0.05, 0) is 43.9 Å². The molecule has 2 N–H and O–H groups in total. The largest absolute Gasteiger partial charge is 0.365 e. The fourth-order valence-corrected chi connectivity index (χ4v) is 3.40. The van der Waals surface area contributed by atoms with E-state index in [4.69, 9.17) is 11.0 Å². The van der Waals surface area contributed by atoms with Crippen molar-refractivity contribution in [1.82, 2.24) is 0 Å². The maximum Gasteiger partial charge on any atom is 0.141 e. The molecule has 94 valence electrons. The lowest BCUT2D eigenvalue weighted by Gasteiger charge is -2.39. The molecular formula is C14H16FN3. The van der Waals surface area contributed by atoms with Crippen molar-refractivity contribution in [3.05, 3.63) is 29.6 Å². The minimum atomic E-state index is -0.442. The molecule has 0 radical (unpaired) electrons. The highest BCUT2D eigenvalue weighted by molar-refractivity contribution is 5.55. The van der Waals surface area contributed by atoms with E-state index in [0.717, 1.165) is 31.4 Å². The summed E-state index contributed by atoms with van der Waals surface area (Å²) in [6.07, 6.45) is 4.29. The first-order valence-electron chi connectivity index (χ1n) is 6.42. The summed E-state index contributed by atoms with van der Waals surface area (Å²) in [5.41, 5.74) is 7.13. The number of nitrogens with two attached hydrogens (primary N) is 1. The number of benzene rings is 1. The molecule has 4 heteroatoms. The Morgan fingerprint density at radius 1 is 1.28 bits per heavy atom. The lowest BCUT2D eigenvalue weighted by Crippen LogP contribution is -2.47. The van der Waals surface area contributed by atoms with E-state index in [1.165, 1.54) is 6.07 Å². The summed E-state index contributed by atoms with van der Waals surface area (Å²) in [5.74, 6) is -0.442. The topological polar surface area (TPSA) is 53.0 Å². The van der Waals surface area contributed by atoms with Crippen molar-refractivity contribution in [3.63, 3.8) is 0 Å². The average Bonchev–Trinajstić information content (AvgIpc) is 2.63. The van der Waals surface area contributed by atoms with Crippen LogP contribution < -0.4 is 10.6 Å².